The predicted molar refractivity (Wildman–Crippen MR) is 59.7 cm³/mol. The lowest BCUT2D eigenvalue weighted by molar-refractivity contribution is 0.0594. The molecule has 0 radical (unpaired) electrons. The van der Waals surface area contributed by atoms with Crippen molar-refractivity contribution in [1.29, 1.82) is 0 Å². The SMILES string of the molecule is COC(=O)c1cc2cc(OCF)ccc2cn1. The summed E-state index contributed by atoms with van der Waals surface area (Å²) in [6.45, 7) is -0.888. The third-order valence-electron chi connectivity index (χ3n) is 2.31. The molecule has 0 atom stereocenters. The van der Waals surface area contributed by atoms with Crippen LogP contribution in [0.2, 0.25) is 0 Å². The van der Waals surface area contributed by atoms with E-state index in [1.807, 2.05) is 0 Å². The number of benzene rings is 1. The number of fused-ring (bicyclic) bond motifs is 1. The van der Waals surface area contributed by atoms with E-state index in [0.717, 1.165) is 10.8 Å². The topological polar surface area (TPSA) is 48.4 Å². The van der Waals surface area contributed by atoms with Crippen molar-refractivity contribution in [2.24, 2.45) is 0 Å². The first-order valence-corrected chi connectivity index (χ1v) is 4.91. The average Bonchev–Trinajstić information content (AvgIpc) is 2.37. The molecule has 4 nitrogen and oxygen atoms in total. The number of nitrogens with zero attached hydrogens (tertiary/aromatic N) is 1. The normalized spacial score (nSPS) is 10.2. The molecule has 5 heteroatoms. The minimum absolute atomic E-state index is 0.206. The summed E-state index contributed by atoms with van der Waals surface area (Å²) in [6.07, 6.45) is 1.56. The molecule has 17 heavy (non-hydrogen) atoms. The zero-order valence-electron chi connectivity index (χ0n) is 9.14. The standard InChI is InChI=1S/C12H10FNO3/c1-16-12(15)11-5-9-4-10(17-7-13)3-2-8(9)6-14-11/h2-6H,7H2,1H3. The molecular weight excluding hydrogens is 225 g/mol. The third-order valence-corrected chi connectivity index (χ3v) is 2.31. The Bertz CT molecular complexity index is 556. The monoisotopic (exact) mass is 235 g/mol. The van der Waals surface area contributed by atoms with Crippen LogP contribution in [0.3, 0.4) is 0 Å². The van der Waals surface area contributed by atoms with Gasteiger partial charge in [0.05, 0.1) is 7.11 Å². The number of aromatic nitrogens is 1. The highest BCUT2D eigenvalue weighted by molar-refractivity contribution is 5.93. The van der Waals surface area contributed by atoms with Crippen LogP contribution in [-0.2, 0) is 4.74 Å². The molecule has 2 aromatic rings. The van der Waals surface area contributed by atoms with Crippen molar-refractivity contribution >= 4 is 16.7 Å². The second-order valence-corrected chi connectivity index (χ2v) is 3.32. The third kappa shape index (κ3) is 2.33. The van der Waals surface area contributed by atoms with Gasteiger partial charge in [0.2, 0.25) is 6.86 Å². The molecule has 1 heterocycles. The summed E-state index contributed by atoms with van der Waals surface area (Å²) in [5, 5.41) is 1.58. The van der Waals surface area contributed by atoms with Crippen LogP contribution < -0.4 is 4.74 Å². The van der Waals surface area contributed by atoms with Crippen molar-refractivity contribution in [2.75, 3.05) is 14.0 Å². The molecule has 1 aromatic carbocycles. The molecule has 0 saturated heterocycles. The summed E-state index contributed by atoms with van der Waals surface area (Å²) in [7, 11) is 1.29. The van der Waals surface area contributed by atoms with E-state index in [-0.39, 0.29) is 5.69 Å². The highest BCUT2D eigenvalue weighted by Crippen LogP contribution is 2.21. The Balaban J connectivity index is 2.46. The molecule has 0 aliphatic rings. The van der Waals surface area contributed by atoms with Crippen LogP contribution in [0.25, 0.3) is 10.8 Å². The first-order valence-electron chi connectivity index (χ1n) is 4.91. The molecule has 88 valence electrons. The molecule has 2 rings (SSSR count). The van der Waals surface area contributed by atoms with Crippen molar-refractivity contribution < 1.29 is 18.7 Å². The number of methoxy groups -OCH3 is 1. The highest BCUT2D eigenvalue weighted by atomic mass is 19.1. The molecule has 0 aliphatic heterocycles. The van der Waals surface area contributed by atoms with Crippen molar-refractivity contribution in [3.05, 3.63) is 36.2 Å². The number of esters is 1. The van der Waals surface area contributed by atoms with Gasteiger partial charge in [-0.2, -0.15) is 0 Å². The number of carbonyl (C=O) groups is 1. The van der Waals surface area contributed by atoms with E-state index < -0.39 is 12.8 Å². The lowest BCUT2D eigenvalue weighted by Crippen LogP contribution is -2.03. The van der Waals surface area contributed by atoms with Crippen molar-refractivity contribution in [3.8, 4) is 5.75 Å². The van der Waals surface area contributed by atoms with Crippen LogP contribution in [0.1, 0.15) is 10.5 Å². The van der Waals surface area contributed by atoms with E-state index in [4.69, 9.17) is 4.74 Å². The van der Waals surface area contributed by atoms with E-state index in [2.05, 4.69) is 9.72 Å². The smallest absolute Gasteiger partial charge is 0.356 e. The molecule has 0 saturated carbocycles. The Morgan fingerprint density at radius 1 is 1.35 bits per heavy atom. The van der Waals surface area contributed by atoms with E-state index in [9.17, 15) is 9.18 Å². The molecule has 0 bridgehead atoms. The second-order valence-electron chi connectivity index (χ2n) is 3.32. The number of pyridine rings is 1. The largest absolute Gasteiger partial charge is 0.464 e. The van der Waals surface area contributed by atoms with Gasteiger partial charge in [0, 0.05) is 11.6 Å². The summed E-state index contributed by atoms with van der Waals surface area (Å²) < 4.78 is 21.3. The van der Waals surface area contributed by atoms with E-state index in [1.54, 1.807) is 30.5 Å². The van der Waals surface area contributed by atoms with Crippen LogP contribution in [0.15, 0.2) is 30.5 Å². The number of carbonyl (C=O) groups excluding carboxylic acids is 1. The molecule has 1 aromatic heterocycles. The lowest BCUT2D eigenvalue weighted by atomic mass is 10.1. The number of alkyl halides is 1. The van der Waals surface area contributed by atoms with Gasteiger partial charge in [0.15, 0.2) is 0 Å². The van der Waals surface area contributed by atoms with Crippen molar-refractivity contribution in [1.82, 2.24) is 4.98 Å². The van der Waals surface area contributed by atoms with Crippen LogP contribution >= 0.6 is 0 Å². The molecule has 0 amide bonds. The van der Waals surface area contributed by atoms with Crippen LogP contribution in [0, 0.1) is 0 Å². The Hall–Kier alpha value is -2.17. The number of ether oxygens (including phenoxy) is 2. The van der Waals surface area contributed by atoms with Gasteiger partial charge in [-0.1, -0.05) is 0 Å². The van der Waals surface area contributed by atoms with Gasteiger partial charge in [-0.3, -0.25) is 0 Å². The number of hydrogen-bond donors (Lipinski definition) is 0. The summed E-state index contributed by atoms with van der Waals surface area (Å²) in [5.41, 5.74) is 0.206. The Morgan fingerprint density at radius 3 is 2.88 bits per heavy atom. The molecular formula is C12H10FNO3. The first kappa shape index (κ1) is 11.3. The first-order chi connectivity index (χ1) is 8.24. The van der Waals surface area contributed by atoms with E-state index in [1.165, 1.54) is 7.11 Å². The summed E-state index contributed by atoms with van der Waals surface area (Å²) >= 11 is 0. The van der Waals surface area contributed by atoms with Crippen molar-refractivity contribution in [2.45, 2.75) is 0 Å². The van der Waals surface area contributed by atoms with Gasteiger partial charge in [-0.05, 0) is 29.7 Å². The Kier molecular flexibility index (Phi) is 3.18. The quantitative estimate of drug-likeness (QED) is 0.766. The summed E-state index contributed by atoms with van der Waals surface area (Å²) in [4.78, 5) is 15.3. The van der Waals surface area contributed by atoms with Gasteiger partial charge in [0.1, 0.15) is 11.4 Å². The fraction of sp³-hybridized carbons (Fsp3) is 0.167. The average molecular weight is 235 g/mol. The maximum atomic E-state index is 12.0. The maximum Gasteiger partial charge on any atom is 0.356 e. The van der Waals surface area contributed by atoms with Gasteiger partial charge in [0.25, 0.3) is 0 Å². The van der Waals surface area contributed by atoms with Crippen LogP contribution in [0.5, 0.6) is 5.75 Å². The lowest BCUT2D eigenvalue weighted by Gasteiger charge is -2.04. The molecule has 0 spiro atoms. The Morgan fingerprint density at radius 2 is 2.18 bits per heavy atom. The zero-order chi connectivity index (χ0) is 12.3. The number of hydrogen-bond acceptors (Lipinski definition) is 4. The maximum absolute atomic E-state index is 12.0. The minimum atomic E-state index is -0.888. The van der Waals surface area contributed by atoms with Gasteiger partial charge < -0.3 is 9.47 Å². The van der Waals surface area contributed by atoms with E-state index >= 15 is 0 Å². The molecule has 0 N–H and O–H groups in total. The summed E-state index contributed by atoms with van der Waals surface area (Å²) in [6, 6.07) is 6.60. The predicted octanol–water partition coefficient (Wildman–Crippen LogP) is 2.33. The fourth-order valence-corrected chi connectivity index (χ4v) is 1.49. The number of rotatable bonds is 3. The van der Waals surface area contributed by atoms with Crippen LogP contribution in [0.4, 0.5) is 4.39 Å². The number of halogens is 1. The van der Waals surface area contributed by atoms with Gasteiger partial charge >= 0.3 is 5.97 Å². The van der Waals surface area contributed by atoms with E-state index in [0.29, 0.717) is 5.75 Å². The fourth-order valence-electron chi connectivity index (χ4n) is 1.49. The molecule has 0 unspecified atom stereocenters. The highest BCUT2D eigenvalue weighted by Gasteiger charge is 2.08. The molecule has 0 aliphatic carbocycles. The zero-order valence-corrected chi connectivity index (χ0v) is 9.14. The summed E-state index contributed by atoms with van der Waals surface area (Å²) in [5.74, 6) is -0.106. The molecule has 0 fully saturated rings. The Labute approximate surface area is 97.0 Å². The van der Waals surface area contributed by atoms with Gasteiger partial charge in [-0.15, -0.1) is 0 Å². The van der Waals surface area contributed by atoms with Crippen LogP contribution in [-0.4, -0.2) is 24.9 Å². The second kappa shape index (κ2) is 4.78. The minimum Gasteiger partial charge on any atom is -0.464 e. The van der Waals surface area contributed by atoms with Crippen molar-refractivity contribution in [3.63, 3.8) is 0 Å². The van der Waals surface area contributed by atoms with Gasteiger partial charge in [-0.25, -0.2) is 14.2 Å².